The molecule has 0 amide bonds. The molecule has 5 aromatic rings. The molecule has 3 heterocycles. The molecule has 0 saturated carbocycles. The fourth-order valence-electron chi connectivity index (χ4n) is 5.16. The average Bonchev–Trinajstić information content (AvgIpc) is 3.31. The zero-order chi connectivity index (χ0) is 27.0. The Bertz CT molecular complexity index is 1730. The normalized spacial score (nSPS) is 15.1. The van der Waals surface area contributed by atoms with Crippen LogP contribution in [0.3, 0.4) is 0 Å². The van der Waals surface area contributed by atoms with Gasteiger partial charge in [0.15, 0.2) is 0 Å². The lowest BCUT2D eigenvalue weighted by Crippen LogP contribution is -2.48. The Balaban J connectivity index is 1.32. The van der Waals surface area contributed by atoms with E-state index >= 15 is 0 Å². The first kappa shape index (κ1) is 25.4. The van der Waals surface area contributed by atoms with Crippen molar-refractivity contribution in [3.63, 3.8) is 0 Å². The molecule has 3 aromatic carbocycles. The number of pyridine rings is 1. The van der Waals surface area contributed by atoms with Gasteiger partial charge in [-0.3, -0.25) is 4.90 Å². The second-order valence-corrected chi connectivity index (χ2v) is 11.9. The Morgan fingerprint density at radius 1 is 0.795 bits per heavy atom. The van der Waals surface area contributed by atoms with Crippen molar-refractivity contribution in [1.29, 1.82) is 0 Å². The van der Waals surface area contributed by atoms with Crippen molar-refractivity contribution in [2.75, 3.05) is 26.2 Å². The summed E-state index contributed by atoms with van der Waals surface area (Å²) in [5.41, 5.74) is 6.84. The van der Waals surface area contributed by atoms with Crippen LogP contribution in [0.5, 0.6) is 0 Å². The van der Waals surface area contributed by atoms with Crippen LogP contribution in [0.4, 0.5) is 4.39 Å². The summed E-state index contributed by atoms with van der Waals surface area (Å²) in [5, 5.41) is 0. The first-order chi connectivity index (χ1) is 18.9. The van der Waals surface area contributed by atoms with Crippen molar-refractivity contribution >= 4 is 15.7 Å². The molecule has 39 heavy (non-hydrogen) atoms. The third-order valence-electron chi connectivity index (χ3n) is 7.27. The van der Waals surface area contributed by atoms with E-state index in [9.17, 15) is 12.8 Å². The zero-order valence-electron chi connectivity index (χ0n) is 21.7. The zero-order valence-corrected chi connectivity index (χ0v) is 22.5. The standard InChI is InChI=1S/C31H29FN4O2S/c1-23-6-5-7-25(20-23)26-12-15-30-33-31(24-10-13-27(32)14-11-24)29(36(30)21-26)22-34-16-18-35(19-17-34)39(37,38)28-8-3-2-4-9-28/h2-15,20-21H,16-19,22H2,1H3. The molecule has 8 heteroatoms. The van der Waals surface area contributed by atoms with Gasteiger partial charge in [0.25, 0.3) is 0 Å². The van der Waals surface area contributed by atoms with Crippen molar-refractivity contribution in [3.05, 3.63) is 114 Å². The summed E-state index contributed by atoms with van der Waals surface area (Å²) in [4.78, 5) is 7.51. The van der Waals surface area contributed by atoms with Crippen LogP contribution in [0, 0.1) is 12.7 Å². The number of fused-ring (bicyclic) bond motifs is 1. The van der Waals surface area contributed by atoms with Crippen LogP contribution in [0.1, 0.15) is 11.3 Å². The lowest BCUT2D eigenvalue weighted by atomic mass is 10.1. The number of nitrogens with zero attached hydrogens (tertiary/aromatic N) is 4. The molecule has 198 valence electrons. The van der Waals surface area contributed by atoms with Crippen molar-refractivity contribution < 1.29 is 12.8 Å². The molecule has 1 aliphatic rings. The monoisotopic (exact) mass is 540 g/mol. The number of hydrogen-bond acceptors (Lipinski definition) is 4. The highest BCUT2D eigenvalue weighted by atomic mass is 32.2. The number of piperazine rings is 1. The fourth-order valence-corrected chi connectivity index (χ4v) is 6.60. The van der Waals surface area contributed by atoms with E-state index in [1.807, 2.05) is 12.1 Å². The molecular weight excluding hydrogens is 511 g/mol. The molecule has 6 rings (SSSR count). The third-order valence-corrected chi connectivity index (χ3v) is 9.19. The summed E-state index contributed by atoms with van der Waals surface area (Å²) < 4.78 is 43.6. The molecule has 6 nitrogen and oxygen atoms in total. The number of rotatable bonds is 6. The van der Waals surface area contributed by atoms with E-state index in [2.05, 4.69) is 52.8 Å². The maximum Gasteiger partial charge on any atom is 0.243 e. The van der Waals surface area contributed by atoms with Crippen LogP contribution in [0.25, 0.3) is 28.0 Å². The van der Waals surface area contributed by atoms with Gasteiger partial charge in [0.1, 0.15) is 11.5 Å². The van der Waals surface area contributed by atoms with Crippen LogP contribution < -0.4 is 0 Å². The van der Waals surface area contributed by atoms with Gasteiger partial charge in [0.05, 0.1) is 16.3 Å². The molecule has 0 bridgehead atoms. The van der Waals surface area contributed by atoms with Gasteiger partial charge in [0.2, 0.25) is 10.0 Å². The lowest BCUT2D eigenvalue weighted by Gasteiger charge is -2.34. The number of aryl methyl sites for hydroxylation is 1. The Morgan fingerprint density at radius 3 is 2.23 bits per heavy atom. The van der Waals surface area contributed by atoms with Crippen LogP contribution in [0.15, 0.2) is 102 Å². The maximum absolute atomic E-state index is 13.7. The fraction of sp³-hybridized carbons (Fsp3) is 0.194. The van der Waals surface area contributed by atoms with E-state index in [0.717, 1.165) is 33.7 Å². The van der Waals surface area contributed by atoms with Gasteiger partial charge in [-0.05, 0) is 66.6 Å². The number of sulfonamides is 1. The Morgan fingerprint density at radius 2 is 1.51 bits per heavy atom. The number of imidazole rings is 1. The summed E-state index contributed by atoms with van der Waals surface area (Å²) in [6, 6.07) is 27.5. The van der Waals surface area contributed by atoms with Gasteiger partial charge < -0.3 is 4.40 Å². The van der Waals surface area contributed by atoms with Crippen LogP contribution in [-0.2, 0) is 16.6 Å². The van der Waals surface area contributed by atoms with Crippen LogP contribution >= 0.6 is 0 Å². The highest BCUT2D eigenvalue weighted by Gasteiger charge is 2.29. The van der Waals surface area contributed by atoms with Crippen molar-refractivity contribution in [2.45, 2.75) is 18.4 Å². The minimum Gasteiger partial charge on any atom is -0.301 e. The van der Waals surface area contributed by atoms with Crippen LogP contribution in [-0.4, -0.2) is 53.2 Å². The minimum absolute atomic E-state index is 0.290. The van der Waals surface area contributed by atoms with E-state index in [1.165, 1.54) is 17.7 Å². The molecule has 1 aliphatic heterocycles. The number of aromatic nitrogens is 2. The predicted octanol–water partition coefficient (Wildman–Crippen LogP) is 5.62. The summed E-state index contributed by atoms with van der Waals surface area (Å²) in [5.74, 6) is -0.290. The van der Waals surface area contributed by atoms with E-state index in [-0.39, 0.29) is 5.82 Å². The lowest BCUT2D eigenvalue weighted by molar-refractivity contribution is 0.180. The van der Waals surface area contributed by atoms with Crippen LogP contribution in [0.2, 0.25) is 0 Å². The van der Waals surface area contributed by atoms with Gasteiger partial charge in [0, 0.05) is 44.5 Å². The molecule has 2 aromatic heterocycles. The Hall–Kier alpha value is -3.85. The largest absolute Gasteiger partial charge is 0.301 e. The molecule has 0 spiro atoms. The van der Waals surface area contributed by atoms with Gasteiger partial charge in [-0.15, -0.1) is 0 Å². The van der Waals surface area contributed by atoms with E-state index in [4.69, 9.17) is 4.98 Å². The molecule has 1 fully saturated rings. The predicted molar refractivity (Wildman–Crippen MR) is 151 cm³/mol. The SMILES string of the molecule is Cc1cccc(-c2ccc3nc(-c4ccc(F)cc4)c(CN4CCN(S(=O)(=O)c5ccccc5)CC4)n3c2)c1. The molecule has 0 unspecified atom stereocenters. The summed E-state index contributed by atoms with van der Waals surface area (Å²) in [6.45, 7) is 4.68. The third kappa shape index (κ3) is 5.11. The summed E-state index contributed by atoms with van der Waals surface area (Å²) in [7, 11) is -3.52. The maximum atomic E-state index is 13.7. The molecule has 1 saturated heterocycles. The molecule has 0 atom stereocenters. The second-order valence-electron chi connectivity index (χ2n) is 9.92. The molecule has 0 N–H and O–H groups in total. The van der Waals surface area contributed by atoms with Crippen molar-refractivity contribution in [1.82, 2.24) is 18.6 Å². The van der Waals surface area contributed by atoms with Gasteiger partial charge in [-0.25, -0.2) is 17.8 Å². The highest BCUT2D eigenvalue weighted by Crippen LogP contribution is 2.29. The summed E-state index contributed by atoms with van der Waals surface area (Å²) >= 11 is 0. The molecule has 0 aliphatic carbocycles. The first-order valence-electron chi connectivity index (χ1n) is 13.0. The number of halogens is 1. The second kappa shape index (κ2) is 10.4. The Kier molecular flexibility index (Phi) is 6.76. The van der Waals surface area contributed by atoms with E-state index in [0.29, 0.717) is 37.6 Å². The first-order valence-corrected chi connectivity index (χ1v) is 14.4. The topological polar surface area (TPSA) is 57.9 Å². The van der Waals surface area contributed by atoms with Gasteiger partial charge in [-0.2, -0.15) is 4.31 Å². The van der Waals surface area contributed by atoms with Gasteiger partial charge in [-0.1, -0.05) is 48.0 Å². The minimum atomic E-state index is -3.52. The quantitative estimate of drug-likeness (QED) is 0.281. The van der Waals surface area contributed by atoms with Crippen molar-refractivity contribution in [3.8, 4) is 22.4 Å². The highest BCUT2D eigenvalue weighted by molar-refractivity contribution is 7.89. The molecule has 0 radical (unpaired) electrons. The summed E-state index contributed by atoms with van der Waals surface area (Å²) in [6.07, 6.45) is 2.11. The average molecular weight is 541 g/mol. The number of hydrogen-bond donors (Lipinski definition) is 0. The number of benzene rings is 3. The van der Waals surface area contributed by atoms with Gasteiger partial charge >= 0.3 is 0 Å². The Labute approximate surface area is 228 Å². The van der Waals surface area contributed by atoms with E-state index in [1.54, 1.807) is 40.7 Å². The van der Waals surface area contributed by atoms with Crippen molar-refractivity contribution in [2.24, 2.45) is 0 Å². The van der Waals surface area contributed by atoms with E-state index < -0.39 is 10.0 Å². The molecular formula is C31H29FN4O2S. The smallest absolute Gasteiger partial charge is 0.243 e.